The summed E-state index contributed by atoms with van der Waals surface area (Å²) in [6.07, 6.45) is 3.48. The van der Waals surface area contributed by atoms with Crippen molar-refractivity contribution in [3.05, 3.63) is 35.9 Å². The topological polar surface area (TPSA) is 49.3 Å². The highest BCUT2D eigenvalue weighted by atomic mass is 16.3. The van der Waals surface area contributed by atoms with Crippen molar-refractivity contribution in [2.75, 3.05) is 6.54 Å². The molecule has 1 aliphatic carbocycles. The number of rotatable bonds is 6. The number of hydrogen-bond donors (Lipinski definition) is 2. The molecule has 18 heavy (non-hydrogen) atoms. The quantitative estimate of drug-likeness (QED) is 0.806. The van der Waals surface area contributed by atoms with Gasteiger partial charge >= 0.3 is 0 Å². The number of nitrogens with one attached hydrogen (secondary N) is 1. The largest absolute Gasteiger partial charge is 0.388 e. The van der Waals surface area contributed by atoms with Crippen LogP contribution in [0, 0.1) is 5.92 Å². The molecule has 0 aliphatic heterocycles. The Kier molecular flexibility index (Phi) is 4.02. The minimum Gasteiger partial charge on any atom is -0.388 e. The van der Waals surface area contributed by atoms with Gasteiger partial charge in [0.05, 0.1) is 5.60 Å². The number of carbonyl (C=O) groups is 1. The van der Waals surface area contributed by atoms with E-state index in [9.17, 15) is 9.90 Å². The van der Waals surface area contributed by atoms with Crippen LogP contribution in [0.25, 0.3) is 0 Å². The van der Waals surface area contributed by atoms with Gasteiger partial charge in [0.15, 0.2) is 0 Å². The molecule has 0 aromatic heterocycles. The summed E-state index contributed by atoms with van der Waals surface area (Å²) < 4.78 is 0. The number of aliphatic hydroxyl groups is 1. The first-order valence-corrected chi connectivity index (χ1v) is 6.61. The third kappa shape index (κ3) is 4.15. The fourth-order valence-corrected chi connectivity index (χ4v) is 1.91. The molecule has 2 rings (SSSR count). The van der Waals surface area contributed by atoms with Crippen molar-refractivity contribution in [2.24, 2.45) is 5.92 Å². The van der Waals surface area contributed by atoms with Crippen LogP contribution in [-0.2, 0) is 11.2 Å². The van der Waals surface area contributed by atoms with Gasteiger partial charge in [-0.15, -0.1) is 0 Å². The minimum atomic E-state index is -0.833. The van der Waals surface area contributed by atoms with Crippen LogP contribution in [0.4, 0.5) is 0 Å². The Labute approximate surface area is 108 Å². The second kappa shape index (κ2) is 5.53. The van der Waals surface area contributed by atoms with E-state index in [2.05, 4.69) is 17.4 Å². The molecule has 3 heteroatoms. The summed E-state index contributed by atoms with van der Waals surface area (Å²) in [5.41, 5.74) is 0.381. The second-order valence-electron chi connectivity index (χ2n) is 5.47. The van der Waals surface area contributed by atoms with E-state index in [1.54, 1.807) is 6.92 Å². The zero-order valence-corrected chi connectivity index (χ0v) is 10.9. The van der Waals surface area contributed by atoms with E-state index >= 15 is 0 Å². The summed E-state index contributed by atoms with van der Waals surface area (Å²) in [5, 5.41) is 13.0. The SMILES string of the molecule is CC(O)(CCc1ccccc1)CNC(=O)C1CC1. The number of hydrogen-bond acceptors (Lipinski definition) is 2. The number of aryl methyl sites for hydroxylation is 1. The normalized spacial score (nSPS) is 18.1. The second-order valence-corrected chi connectivity index (χ2v) is 5.47. The van der Waals surface area contributed by atoms with Crippen LogP contribution in [0.5, 0.6) is 0 Å². The van der Waals surface area contributed by atoms with E-state index in [0.29, 0.717) is 13.0 Å². The van der Waals surface area contributed by atoms with Crippen LogP contribution in [0.2, 0.25) is 0 Å². The fraction of sp³-hybridized carbons (Fsp3) is 0.533. The van der Waals surface area contributed by atoms with Crippen molar-refractivity contribution in [2.45, 2.75) is 38.2 Å². The monoisotopic (exact) mass is 247 g/mol. The van der Waals surface area contributed by atoms with Gasteiger partial charge in [-0.3, -0.25) is 4.79 Å². The van der Waals surface area contributed by atoms with Crippen LogP contribution in [0.1, 0.15) is 31.7 Å². The zero-order chi connectivity index (χ0) is 13.0. The summed E-state index contributed by atoms with van der Waals surface area (Å²) >= 11 is 0. The molecule has 0 radical (unpaired) electrons. The fourth-order valence-electron chi connectivity index (χ4n) is 1.91. The van der Waals surface area contributed by atoms with E-state index in [0.717, 1.165) is 19.3 Å². The number of carbonyl (C=O) groups excluding carboxylic acids is 1. The Bertz CT molecular complexity index is 396. The van der Waals surface area contributed by atoms with Gasteiger partial charge in [-0.1, -0.05) is 30.3 Å². The molecule has 98 valence electrons. The molecule has 0 heterocycles. The maximum atomic E-state index is 11.5. The van der Waals surface area contributed by atoms with Crippen LogP contribution in [-0.4, -0.2) is 23.2 Å². The lowest BCUT2D eigenvalue weighted by atomic mass is 9.96. The molecule has 0 spiro atoms. The Balaban J connectivity index is 1.74. The van der Waals surface area contributed by atoms with Crippen LogP contribution >= 0.6 is 0 Å². The molecule has 1 unspecified atom stereocenters. The predicted octanol–water partition coefficient (Wildman–Crippen LogP) is 1.90. The molecule has 1 aromatic carbocycles. The molecule has 1 atom stereocenters. The van der Waals surface area contributed by atoms with Gasteiger partial charge in [-0.05, 0) is 38.2 Å². The van der Waals surface area contributed by atoms with Gasteiger partial charge < -0.3 is 10.4 Å². The summed E-state index contributed by atoms with van der Waals surface area (Å²) in [6.45, 7) is 2.12. The van der Waals surface area contributed by atoms with Gasteiger partial charge in [0.1, 0.15) is 0 Å². The van der Waals surface area contributed by atoms with Crippen molar-refractivity contribution in [1.82, 2.24) is 5.32 Å². The van der Waals surface area contributed by atoms with Crippen molar-refractivity contribution in [3.8, 4) is 0 Å². The lowest BCUT2D eigenvalue weighted by Crippen LogP contribution is -2.41. The van der Waals surface area contributed by atoms with Gasteiger partial charge in [0, 0.05) is 12.5 Å². The molecule has 1 aliphatic rings. The first kappa shape index (κ1) is 13.1. The van der Waals surface area contributed by atoms with Crippen LogP contribution in [0.3, 0.4) is 0 Å². The molecule has 1 fully saturated rings. The smallest absolute Gasteiger partial charge is 0.223 e. The van der Waals surface area contributed by atoms with Crippen molar-refractivity contribution >= 4 is 5.91 Å². The van der Waals surface area contributed by atoms with Gasteiger partial charge in [0.2, 0.25) is 5.91 Å². The van der Waals surface area contributed by atoms with Crippen molar-refractivity contribution in [1.29, 1.82) is 0 Å². The molecule has 0 bridgehead atoms. The highest BCUT2D eigenvalue weighted by Crippen LogP contribution is 2.28. The Morgan fingerprint density at radius 1 is 1.39 bits per heavy atom. The standard InChI is InChI=1S/C15H21NO2/c1-15(18,11-16-14(17)13-7-8-13)10-9-12-5-3-2-4-6-12/h2-6,13,18H,7-11H2,1H3,(H,16,17). The summed E-state index contributed by atoms with van der Waals surface area (Å²) in [5.74, 6) is 0.296. The lowest BCUT2D eigenvalue weighted by Gasteiger charge is -2.23. The number of amides is 1. The molecule has 0 saturated heterocycles. The van der Waals surface area contributed by atoms with Crippen molar-refractivity contribution in [3.63, 3.8) is 0 Å². The minimum absolute atomic E-state index is 0.0926. The van der Waals surface area contributed by atoms with Crippen LogP contribution < -0.4 is 5.32 Å². The van der Waals surface area contributed by atoms with E-state index < -0.39 is 5.60 Å². The lowest BCUT2D eigenvalue weighted by molar-refractivity contribution is -0.123. The first-order valence-electron chi connectivity index (χ1n) is 6.61. The highest BCUT2D eigenvalue weighted by molar-refractivity contribution is 5.80. The average molecular weight is 247 g/mol. The average Bonchev–Trinajstić information content (AvgIpc) is 3.19. The molecular formula is C15H21NO2. The first-order chi connectivity index (χ1) is 8.57. The molecule has 2 N–H and O–H groups in total. The summed E-state index contributed by atoms with van der Waals surface area (Å²) in [7, 11) is 0. The van der Waals surface area contributed by atoms with Crippen molar-refractivity contribution < 1.29 is 9.90 Å². The molecule has 1 saturated carbocycles. The molecular weight excluding hydrogens is 226 g/mol. The Morgan fingerprint density at radius 3 is 2.67 bits per heavy atom. The molecule has 3 nitrogen and oxygen atoms in total. The van der Waals surface area contributed by atoms with E-state index in [1.807, 2.05) is 18.2 Å². The van der Waals surface area contributed by atoms with E-state index in [-0.39, 0.29) is 11.8 Å². The third-order valence-corrected chi connectivity index (χ3v) is 3.39. The summed E-state index contributed by atoms with van der Waals surface area (Å²) in [4.78, 5) is 11.5. The maximum Gasteiger partial charge on any atom is 0.223 e. The predicted molar refractivity (Wildman–Crippen MR) is 71.1 cm³/mol. The number of benzene rings is 1. The highest BCUT2D eigenvalue weighted by Gasteiger charge is 2.31. The van der Waals surface area contributed by atoms with Crippen LogP contribution in [0.15, 0.2) is 30.3 Å². The van der Waals surface area contributed by atoms with E-state index in [1.165, 1.54) is 5.56 Å². The zero-order valence-electron chi connectivity index (χ0n) is 10.9. The third-order valence-electron chi connectivity index (χ3n) is 3.39. The van der Waals surface area contributed by atoms with Gasteiger partial charge in [-0.25, -0.2) is 0 Å². The van der Waals surface area contributed by atoms with E-state index in [4.69, 9.17) is 0 Å². The van der Waals surface area contributed by atoms with Gasteiger partial charge in [-0.2, -0.15) is 0 Å². The Morgan fingerprint density at radius 2 is 2.06 bits per heavy atom. The Hall–Kier alpha value is -1.35. The molecule has 1 aromatic rings. The summed E-state index contributed by atoms with van der Waals surface area (Å²) in [6, 6.07) is 10.1. The molecule has 1 amide bonds. The maximum absolute atomic E-state index is 11.5. The van der Waals surface area contributed by atoms with Gasteiger partial charge in [0.25, 0.3) is 0 Å².